The van der Waals surface area contributed by atoms with Crippen molar-refractivity contribution in [2.45, 2.75) is 19.8 Å². The molecule has 0 aromatic heterocycles. The van der Waals surface area contributed by atoms with Gasteiger partial charge in [0.2, 0.25) is 0 Å². The summed E-state index contributed by atoms with van der Waals surface area (Å²) in [6.45, 7) is 3.67. The summed E-state index contributed by atoms with van der Waals surface area (Å²) in [5, 5.41) is 9.21. The van der Waals surface area contributed by atoms with Crippen molar-refractivity contribution in [2.75, 3.05) is 30.3 Å². The molecular weight excluding hydrogens is 219 g/mol. The molecule has 1 heterocycles. The number of aliphatic hydroxyl groups is 1. The summed E-state index contributed by atoms with van der Waals surface area (Å²) in [7, 11) is 0. The van der Waals surface area contributed by atoms with Gasteiger partial charge in [-0.25, -0.2) is 4.39 Å². The van der Waals surface area contributed by atoms with Crippen LogP contribution in [0.4, 0.5) is 15.8 Å². The smallest absolute Gasteiger partial charge is 0.128 e. The van der Waals surface area contributed by atoms with E-state index in [-0.39, 0.29) is 12.4 Å². The van der Waals surface area contributed by atoms with Crippen LogP contribution in [0.2, 0.25) is 0 Å². The zero-order chi connectivity index (χ0) is 12.4. The average molecular weight is 238 g/mol. The van der Waals surface area contributed by atoms with Gasteiger partial charge in [0.05, 0.1) is 11.4 Å². The highest BCUT2D eigenvalue weighted by Gasteiger charge is 2.21. The van der Waals surface area contributed by atoms with E-state index >= 15 is 0 Å². The van der Waals surface area contributed by atoms with Crippen LogP contribution in [0, 0.1) is 18.7 Å². The minimum absolute atomic E-state index is 0.205. The predicted molar refractivity (Wildman–Crippen MR) is 67.6 cm³/mol. The molecule has 0 bridgehead atoms. The summed E-state index contributed by atoms with van der Waals surface area (Å²) >= 11 is 0. The van der Waals surface area contributed by atoms with Crippen LogP contribution in [0.15, 0.2) is 12.1 Å². The van der Waals surface area contributed by atoms with E-state index in [1.54, 1.807) is 13.0 Å². The average Bonchev–Trinajstić information content (AvgIpc) is 2.34. The van der Waals surface area contributed by atoms with Crippen LogP contribution >= 0.6 is 0 Å². The standard InChI is InChI=1S/C13H19FN2O/c1-9-5-13(12(15)6-11(9)14)16-4-2-3-10(7-16)8-17/h5-6,10,17H,2-4,7-8,15H2,1H3. The van der Waals surface area contributed by atoms with Crippen LogP contribution in [0.25, 0.3) is 0 Å². The van der Waals surface area contributed by atoms with Crippen molar-refractivity contribution < 1.29 is 9.50 Å². The van der Waals surface area contributed by atoms with Gasteiger partial charge in [0.1, 0.15) is 5.82 Å². The molecule has 3 N–H and O–H groups in total. The molecule has 4 heteroatoms. The summed E-state index contributed by atoms with van der Waals surface area (Å²) < 4.78 is 13.3. The fourth-order valence-corrected chi connectivity index (χ4v) is 2.39. The Balaban J connectivity index is 2.24. The van der Waals surface area contributed by atoms with Gasteiger partial charge in [-0.2, -0.15) is 0 Å². The molecular formula is C13H19FN2O. The monoisotopic (exact) mass is 238 g/mol. The number of nitrogens with zero attached hydrogens (tertiary/aromatic N) is 1. The zero-order valence-electron chi connectivity index (χ0n) is 10.1. The Hall–Kier alpha value is -1.29. The molecule has 1 saturated heterocycles. The van der Waals surface area contributed by atoms with E-state index in [0.29, 0.717) is 17.2 Å². The Morgan fingerprint density at radius 1 is 1.53 bits per heavy atom. The van der Waals surface area contributed by atoms with Crippen LogP contribution in [-0.2, 0) is 0 Å². The number of benzene rings is 1. The summed E-state index contributed by atoms with van der Waals surface area (Å²) in [5.41, 5.74) is 7.84. The van der Waals surface area contributed by atoms with Gasteiger partial charge < -0.3 is 15.7 Å². The topological polar surface area (TPSA) is 49.5 Å². The van der Waals surface area contributed by atoms with Crippen molar-refractivity contribution in [3.05, 3.63) is 23.5 Å². The highest BCUT2D eigenvalue weighted by molar-refractivity contribution is 5.69. The van der Waals surface area contributed by atoms with Gasteiger partial charge in [0.15, 0.2) is 0 Å². The van der Waals surface area contributed by atoms with E-state index < -0.39 is 0 Å². The van der Waals surface area contributed by atoms with Crippen LogP contribution in [0.1, 0.15) is 18.4 Å². The van der Waals surface area contributed by atoms with Crippen molar-refractivity contribution in [3.63, 3.8) is 0 Å². The van der Waals surface area contributed by atoms with E-state index in [9.17, 15) is 9.50 Å². The first kappa shape index (κ1) is 12.2. The molecule has 3 nitrogen and oxygen atoms in total. The Bertz CT molecular complexity index is 409. The first-order chi connectivity index (χ1) is 8.11. The number of piperidine rings is 1. The molecule has 0 spiro atoms. The molecule has 0 amide bonds. The van der Waals surface area contributed by atoms with Gasteiger partial charge in [-0.15, -0.1) is 0 Å². The van der Waals surface area contributed by atoms with Crippen molar-refractivity contribution in [1.82, 2.24) is 0 Å². The number of rotatable bonds is 2. The molecule has 1 aliphatic heterocycles. The Labute approximate surface area is 101 Å². The number of halogens is 1. The van der Waals surface area contributed by atoms with Crippen molar-refractivity contribution in [2.24, 2.45) is 5.92 Å². The molecule has 1 aromatic carbocycles. The van der Waals surface area contributed by atoms with Crippen molar-refractivity contribution >= 4 is 11.4 Å². The first-order valence-electron chi connectivity index (χ1n) is 6.03. The zero-order valence-corrected chi connectivity index (χ0v) is 10.1. The number of hydrogen-bond acceptors (Lipinski definition) is 3. The summed E-state index contributed by atoms with van der Waals surface area (Å²) in [5.74, 6) is 0.0375. The highest BCUT2D eigenvalue weighted by atomic mass is 19.1. The molecule has 94 valence electrons. The number of nitrogen functional groups attached to an aromatic ring is 1. The molecule has 17 heavy (non-hydrogen) atoms. The molecule has 1 aromatic rings. The van der Waals surface area contributed by atoms with Gasteiger partial charge >= 0.3 is 0 Å². The Morgan fingerprint density at radius 3 is 3.00 bits per heavy atom. The third kappa shape index (κ3) is 2.52. The van der Waals surface area contributed by atoms with Crippen LogP contribution < -0.4 is 10.6 Å². The van der Waals surface area contributed by atoms with Crippen LogP contribution in [-0.4, -0.2) is 24.8 Å². The molecule has 1 unspecified atom stereocenters. The fourth-order valence-electron chi connectivity index (χ4n) is 2.39. The molecule has 1 atom stereocenters. The second-order valence-corrected chi connectivity index (χ2v) is 4.80. The van der Waals surface area contributed by atoms with Crippen molar-refractivity contribution in [1.29, 1.82) is 0 Å². The SMILES string of the molecule is Cc1cc(N2CCCC(CO)C2)c(N)cc1F. The molecule has 2 rings (SSSR count). The number of hydrogen-bond donors (Lipinski definition) is 2. The van der Waals surface area contributed by atoms with Gasteiger partial charge in [-0.3, -0.25) is 0 Å². The van der Waals surface area contributed by atoms with Crippen LogP contribution in [0.3, 0.4) is 0 Å². The van der Waals surface area contributed by atoms with Gasteiger partial charge in [0.25, 0.3) is 0 Å². The number of anilines is 2. The largest absolute Gasteiger partial charge is 0.397 e. The summed E-state index contributed by atoms with van der Waals surface area (Å²) in [6.07, 6.45) is 2.09. The second kappa shape index (κ2) is 4.92. The third-order valence-corrected chi connectivity index (χ3v) is 3.43. The maximum Gasteiger partial charge on any atom is 0.128 e. The van der Waals surface area contributed by atoms with E-state index in [0.717, 1.165) is 31.6 Å². The van der Waals surface area contributed by atoms with Crippen LogP contribution in [0.5, 0.6) is 0 Å². The second-order valence-electron chi connectivity index (χ2n) is 4.80. The van der Waals surface area contributed by atoms with E-state index in [2.05, 4.69) is 4.90 Å². The predicted octanol–water partition coefficient (Wildman–Crippen LogP) is 1.93. The quantitative estimate of drug-likeness (QED) is 0.774. The van der Waals surface area contributed by atoms with E-state index in [1.807, 2.05) is 0 Å². The lowest BCUT2D eigenvalue weighted by Gasteiger charge is -2.34. The normalized spacial score (nSPS) is 20.6. The number of aryl methyl sites for hydroxylation is 1. The third-order valence-electron chi connectivity index (χ3n) is 3.43. The van der Waals surface area contributed by atoms with Crippen molar-refractivity contribution in [3.8, 4) is 0 Å². The lowest BCUT2D eigenvalue weighted by atomic mass is 9.98. The fraction of sp³-hybridized carbons (Fsp3) is 0.538. The minimum atomic E-state index is -0.262. The first-order valence-corrected chi connectivity index (χ1v) is 6.03. The highest BCUT2D eigenvalue weighted by Crippen LogP contribution is 2.30. The summed E-state index contributed by atoms with van der Waals surface area (Å²) in [6, 6.07) is 3.18. The Morgan fingerprint density at radius 2 is 2.29 bits per heavy atom. The van der Waals surface area contributed by atoms with Gasteiger partial charge in [-0.05, 0) is 43.4 Å². The molecule has 0 radical (unpaired) electrons. The molecule has 0 saturated carbocycles. The van der Waals surface area contributed by atoms with Gasteiger partial charge in [-0.1, -0.05) is 0 Å². The molecule has 0 aliphatic carbocycles. The summed E-state index contributed by atoms with van der Waals surface area (Å²) in [4.78, 5) is 2.14. The lowest BCUT2D eigenvalue weighted by Crippen LogP contribution is -2.37. The van der Waals surface area contributed by atoms with Gasteiger partial charge in [0, 0.05) is 19.7 Å². The number of nitrogens with two attached hydrogens (primary N) is 1. The number of aliphatic hydroxyl groups excluding tert-OH is 1. The Kier molecular flexibility index (Phi) is 3.52. The maximum atomic E-state index is 13.3. The maximum absolute atomic E-state index is 13.3. The molecule has 1 fully saturated rings. The minimum Gasteiger partial charge on any atom is -0.397 e. The molecule has 1 aliphatic rings. The lowest BCUT2D eigenvalue weighted by molar-refractivity contribution is 0.209. The van der Waals surface area contributed by atoms with E-state index in [4.69, 9.17) is 5.73 Å². The van der Waals surface area contributed by atoms with E-state index in [1.165, 1.54) is 6.07 Å².